The van der Waals surface area contributed by atoms with Crippen LogP contribution >= 0.6 is 11.3 Å². The monoisotopic (exact) mass is 434 g/mol. The van der Waals surface area contributed by atoms with Gasteiger partial charge in [-0.25, -0.2) is 14.8 Å². The number of esters is 1. The molecule has 1 amide bonds. The number of aryl methyl sites for hydroxylation is 1. The predicted molar refractivity (Wildman–Crippen MR) is 122 cm³/mol. The van der Waals surface area contributed by atoms with Crippen molar-refractivity contribution in [2.45, 2.75) is 26.8 Å². The molecule has 0 unspecified atom stereocenters. The molecule has 0 aliphatic rings. The lowest BCUT2D eigenvalue weighted by Gasteiger charge is -2.07. The first-order valence-corrected chi connectivity index (χ1v) is 10.6. The molecule has 8 heteroatoms. The van der Waals surface area contributed by atoms with Crippen LogP contribution in [0.25, 0.3) is 21.6 Å². The fourth-order valence-corrected chi connectivity index (χ4v) is 4.38. The van der Waals surface area contributed by atoms with Crippen molar-refractivity contribution in [2.24, 2.45) is 0 Å². The SMILES string of the molecule is COC(=O)c1cccc(NC(=O)c2sc(-c3cn(C(C)C)c4ncccc34)nc2C)c1. The Morgan fingerprint density at radius 2 is 2.00 bits per heavy atom. The second-order valence-corrected chi connectivity index (χ2v) is 8.38. The molecule has 0 aliphatic carbocycles. The smallest absolute Gasteiger partial charge is 0.337 e. The number of amides is 1. The van der Waals surface area contributed by atoms with Gasteiger partial charge >= 0.3 is 5.97 Å². The van der Waals surface area contributed by atoms with Crippen LogP contribution in [0.4, 0.5) is 5.69 Å². The number of rotatable bonds is 5. The summed E-state index contributed by atoms with van der Waals surface area (Å²) in [6.07, 6.45) is 3.82. The third-order valence-corrected chi connectivity index (χ3v) is 6.11. The number of ether oxygens (including phenoxy) is 1. The molecule has 0 spiro atoms. The van der Waals surface area contributed by atoms with Gasteiger partial charge in [-0.15, -0.1) is 11.3 Å². The molecule has 3 heterocycles. The number of anilines is 1. The van der Waals surface area contributed by atoms with Gasteiger partial charge < -0.3 is 14.6 Å². The van der Waals surface area contributed by atoms with Crippen LogP contribution in [-0.4, -0.2) is 33.5 Å². The largest absolute Gasteiger partial charge is 0.465 e. The van der Waals surface area contributed by atoms with Crippen LogP contribution in [0, 0.1) is 6.92 Å². The maximum Gasteiger partial charge on any atom is 0.337 e. The van der Waals surface area contributed by atoms with Gasteiger partial charge in [0, 0.05) is 35.1 Å². The summed E-state index contributed by atoms with van der Waals surface area (Å²) >= 11 is 1.34. The number of hydrogen-bond acceptors (Lipinski definition) is 6. The first-order chi connectivity index (χ1) is 14.9. The van der Waals surface area contributed by atoms with Gasteiger partial charge in [-0.1, -0.05) is 6.07 Å². The Bertz CT molecular complexity index is 1290. The molecule has 1 aromatic carbocycles. The van der Waals surface area contributed by atoms with Gasteiger partial charge in [0.2, 0.25) is 0 Å². The summed E-state index contributed by atoms with van der Waals surface area (Å²) < 4.78 is 6.85. The summed E-state index contributed by atoms with van der Waals surface area (Å²) in [6.45, 7) is 6.03. The van der Waals surface area contributed by atoms with Crippen LogP contribution in [0.1, 0.15) is 45.6 Å². The Balaban J connectivity index is 1.67. The van der Waals surface area contributed by atoms with E-state index in [0.717, 1.165) is 21.6 Å². The minimum Gasteiger partial charge on any atom is -0.465 e. The van der Waals surface area contributed by atoms with E-state index in [9.17, 15) is 9.59 Å². The number of hydrogen-bond donors (Lipinski definition) is 1. The molecule has 1 N–H and O–H groups in total. The number of carbonyl (C=O) groups excluding carboxylic acids is 2. The van der Waals surface area contributed by atoms with Crippen LogP contribution in [0.2, 0.25) is 0 Å². The highest BCUT2D eigenvalue weighted by Gasteiger charge is 2.20. The van der Waals surface area contributed by atoms with Crippen LogP contribution in [0.5, 0.6) is 0 Å². The minimum atomic E-state index is -0.456. The van der Waals surface area contributed by atoms with Crippen molar-refractivity contribution in [3.8, 4) is 10.6 Å². The number of nitrogens with one attached hydrogen (secondary N) is 1. The summed E-state index contributed by atoms with van der Waals surface area (Å²) in [4.78, 5) is 34.4. The number of nitrogens with zero attached hydrogens (tertiary/aromatic N) is 3. The van der Waals surface area contributed by atoms with Gasteiger partial charge in [0.25, 0.3) is 5.91 Å². The summed E-state index contributed by atoms with van der Waals surface area (Å²) in [5, 5.41) is 4.62. The van der Waals surface area contributed by atoms with E-state index in [0.29, 0.717) is 21.8 Å². The molecule has 0 aliphatic heterocycles. The lowest BCUT2D eigenvalue weighted by molar-refractivity contribution is 0.0600. The van der Waals surface area contributed by atoms with Crippen molar-refractivity contribution < 1.29 is 14.3 Å². The van der Waals surface area contributed by atoms with E-state index in [1.54, 1.807) is 30.5 Å². The Hall–Kier alpha value is -3.52. The molecule has 158 valence electrons. The highest BCUT2D eigenvalue weighted by Crippen LogP contribution is 2.35. The van der Waals surface area contributed by atoms with Gasteiger partial charge in [0.15, 0.2) is 0 Å². The third kappa shape index (κ3) is 3.94. The molecule has 0 fully saturated rings. The van der Waals surface area contributed by atoms with Gasteiger partial charge in [0.1, 0.15) is 15.5 Å². The Morgan fingerprint density at radius 1 is 1.19 bits per heavy atom. The second-order valence-electron chi connectivity index (χ2n) is 7.38. The molecule has 4 aromatic rings. The molecular weight excluding hydrogens is 412 g/mol. The molecule has 0 saturated carbocycles. The predicted octanol–water partition coefficient (Wildman–Crippen LogP) is 5.09. The number of pyridine rings is 1. The van der Waals surface area contributed by atoms with Crippen LogP contribution < -0.4 is 5.32 Å². The summed E-state index contributed by atoms with van der Waals surface area (Å²) in [6, 6.07) is 10.8. The number of thiazole rings is 1. The average Bonchev–Trinajstić information content (AvgIpc) is 3.34. The highest BCUT2D eigenvalue weighted by atomic mass is 32.1. The van der Waals surface area contributed by atoms with Gasteiger partial charge in [-0.3, -0.25) is 4.79 Å². The molecule has 3 aromatic heterocycles. The number of methoxy groups -OCH3 is 1. The van der Waals surface area contributed by atoms with Crippen molar-refractivity contribution in [2.75, 3.05) is 12.4 Å². The van der Waals surface area contributed by atoms with E-state index in [4.69, 9.17) is 4.74 Å². The van der Waals surface area contributed by atoms with Crippen LogP contribution in [-0.2, 0) is 4.74 Å². The number of fused-ring (bicyclic) bond motifs is 1. The van der Waals surface area contributed by atoms with E-state index < -0.39 is 5.97 Å². The van der Waals surface area contributed by atoms with Crippen molar-refractivity contribution in [3.05, 3.63) is 64.9 Å². The third-order valence-electron chi connectivity index (χ3n) is 4.92. The first-order valence-electron chi connectivity index (χ1n) is 9.82. The normalized spacial score (nSPS) is 11.1. The highest BCUT2D eigenvalue weighted by molar-refractivity contribution is 7.17. The minimum absolute atomic E-state index is 0.247. The van der Waals surface area contributed by atoms with Crippen LogP contribution in [0.15, 0.2) is 48.8 Å². The topological polar surface area (TPSA) is 86.1 Å². The molecule has 0 atom stereocenters. The average molecular weight is 435 g/mol. The van der Waals surface area contributed by atoms with Crippen molar-refractivity contribution in [3.63, 3.8) is 0 Å². The van der Waals surface area contributed by atoms with Gasteiger partial charge in [0.05, 0.1) is 18.4 Å². The maximum atomic E-state index is 12.9. The molecule has 7 nitrogen and oxygen atoms in total. The zero-order valence-electron chi connectivity index (χ0n) is 17.7. The molecule has 0 bridgehead atoms. The zero-order valence-corrected chi connectivity index (χ0v) is 18.5. The maximum absolute atomic E-state index is 12.9. The number of carbonyl (C=O) groups is 2. The van der Waals surface area contributed by atoms with E-state index in [1.165, 1.54) is 18.4 Å². The summed E-state index contributed by atoms with van der Waals surface area (Å²) in [5.41, 5.74) is 3.39. The van der Waals surface area contributed by atoms with Gasteiger partial charge in [-0.05, 0) is 51.1 Å². The van der Waals surface area contributed by atoms with E-state index in [1.807, 2.05) is 25.3 Å². The quantitative estimate of drug-likeness (QED) is 0.442. The number of aromatic nitrogens is 3. The summed E-state index contributed by atoms with van der Waals surface area (Å²) in [5.74, 6) is -0.725. The molecule has 4 rings (SSSR count). The van der Waals surface area contributed by atoms with Gasteiger partial charge in [-0.2, -0.15) is 0 Å². The standard InChI is InChI=1S/C23H22N4O3S/c1-13(2)27-12-18(17-9-6-10-24-20(17)27)22-25-14(3)19(31-22)21(28)26-16-8-5-7-15(11-16)23(29)30-4/h5-13H,1-4H3,(H,26,28). The van der Waals surface area contributed by atoms with Crippen molar-refractivity contribution in [1.29, 1.82) is 0 Å². The Morgan fingerprint density at radius 3 is 2.74 bits per heavy atom. The molecule has 0 radical (unpaired) electrons. The first kappa shape index (κ1) is 20.7. The Kier molecular flexibility index (Phi) is 5.56. The summed E-state index contributed by atoms with van der Waals surface area (Å²) in [7, 11) is 1.32. The molecule has 31 heavy (non-hydrogen) atoms. The van der Waals surface area contributed by atoms with E-state index >= 15 is 0 Å². The van der Waals surface area contributed by atoms with E-state index in [-0.39, 0.29) is 11.9 Å². The number of benzene rings is 1. The second kappa shape index (κ2) is 8.31. The van der Waals surface area contributed by atoms with E-state index in [2.05, 4.69) is 33.7 Å². The molecular formula is C23H22N4O3S. The lowest BCUT2D eigenvalue weighted by atomic mass is 10.2. The zero-order chi connectivity index (χ0) is 22.1. The molecule has 0 saturated heterocycles. The van der Waals surface area contributed by atoms with Crippen molar-refractivity contribution >= 4 is 39.9 Å². The van der Waals surface area contributed by atoms with Crippen molar-refractivity contribution in [1.82, 2.24) is 14.5 Å². The van der Waals surface area contributed by atoms with Crippen LogP contribution in [0.3, 0.4) is 0 Å². The lowest BCUT2D eigenvalue weighted by Crippen LogP contribution is -2.12. The fourth-order valence-electron chi connectivity index (χ4n) is 3.40. The fraction of sp³-hybridized carbons (Fsp3) is 0.217. The Labute approximate surface area is 183 Å².